The number of carbonyl (C=O) groups excluding carboxylic acids is 1. The molecule has 0 fully saturated rings. The highest BCUT2D eigenvalue weighted by atomic mass is 35.5. The normalized spacial score (nSPS) is 10.7. The SMILES string of the molecule is CCOC(=O)c1cnc2cc(COC)c(OC)cc2c1Cl. The van der Waals surface area contributed by atoms with Crippen LogP contribution in [-0.2, 0) is 16.1 Å². The Hall–Kier alpha value is -1.85. The van der Waals surface area contributed by atoms with Crippen molar-refractivity contribution in [1.29, 1.82) is 0 Å². The third kappa shape index (κ3) is 3.09. The second-order valence-electron chi connectivity index (χ2n) is 4.32. The summed E-state index contributed by atoms with van der Waals surface area (Å²) < 4.78 is 15.4. The summed E-state index contributed by atoms with van der Waals surface area (Å²) in [5.74, 6) is 0.144. The third-order valence-corrected chi connectivity index (χ3v) is 3.41. The molecule has 0 unspecified atom stereocenters. The molecule has 1 aromatic carbocycles. The fourth-order valence-electron chi connectivity index (χ4n) is 2.04. The lowest BCUT2D eigenvalue weighted by Gasteiger charge is -2.11. The molecule has 2 aromatic rings. The van der Waals surface area contributed by atoms with E-state index in [-0.39, 0.29) is 12.2 Å². The van der Waals surface area contributed by atoms with E-state index in [1.54, 1.807) is 27.2 Å². The van der Waals surface area contributed by atoms with E-state index in [0.717, 1.165) is 5.56 Å². The second-order valence-corrected chi connectivity index (χ2v) is 4.70. The van der Waals surface area contributed by atoms with E-state index in [2.05, 4.69) is 4.98 Å². The molecule has 6 heteroatoms. The molecule has 0 amide bonds. The summed E-state index contributed by atoms with van der Waals surface area (Å²) in [5.41, 5.74) is 1.77. The summed E-state index contributed by atoms with van der Waals surface area (Å²) in [5, 5.41) is 0.944. The number of esters is 1. The van der Waals surface area contributed by atoms with Crippen LogP contribution in [-0.4, -0.2) is 31.8 Å². The van der Waals surface area contributed by atoms with Crippen molar-refractivity contribution in [3.8, 4) is 5.75 Å². The molecule has 1 aromatic heterocycles. The number of aromatic nitrogens is 1. The number of hydrogen-bond donors (Lipinski definition) is 0. The van der Waals surface area contributed by atoms with E-state index in [1.807, 2.05) is 6.07 Å². The Kier molecular flexibility index (Phi) is 4.98. The molecule has 1 heterocycles. The molecule has 0 spiro atoms. The number of fused-ring (bicyclic) bond motifs is 1. The van der Waals surface area contributed by atoms with Gasteiger partial charge in [-0.3, -0.25) is 4.98 Å². The van der Waals surface area contributed by atoms with Crippen molar-refractivity contribution < 1.29 is 19.0 Å². The minimum absolute atomic E-state index is 0.243. The summed E-state index contributed by atoms with van der Waals surface area (Å²) in [6.45, 7) is 2.42. The van der Waals surface area contributed by atoms with Crippen LogP contribution in [0.2, 0.25) is 5.02 Å². The number of rotatable bonds is 5. The van der Waals surface area contributed by atoms with E-state index in [0.29, 0.717) is 28.3 Å². The van der Waals surface area contributed by atoms with Gasteiger partial charge < -0.3 is 14.2 Å². The molecule has 0 radical (unpaired) electrons. The van der Waals surface area contributed by atoms with Gasteiger partial charge in [0.05, 0.1) is 36.4 Å². The van der Waals surface area contributed by atoms with Crippen molar-refractivity contribution in [2.45, 2.75) is 13.5 Å². The van der Waals surface area contributed by atoms with E-state index in [9.17, 15) is 4.79 Å². The van der Waals surface area contributed by atoms with Crippen molar-refractivity contribution in [2.24, 2.45) is 0 Å². The smallest absolute Gasteiger partial charge is 0.341 e. The Morgan fingerprint density at radius 1 is 1.33 bits per heavy atom. The Labute approximate surface area is 127 Å². The molecule has 0 saturated carbocycles. The monoisotopic (exact) mass is 309 g/mol. The van der Waals surface area contributed by atoms with Gasteiger partial charge in [-0.1, -0.05) is 11.6 Å². The summed E-state index contributed by atoms with van der Waals surface area (Å²) in [7, 11) is 3.17. The highest BCUT2D eigenvalue weighted by molar-refractivity contribution is 6.38. The molecule has 0 aliphatic heterocycles. The van der Waals surface area contributed by atoms with Gasteiger partial charge in [0.1, 0.15) is 5.75 Å². The molecule has 0 aliphatic rings. The first-order valence-corrected chi connectivity index (χ1v) is 6.81. The van der Waals surface area contributed by atoms with Crippen LogP contribution in [0.15, 0.2) is 18.3 Å². The zero-order chi connectivity index (χ0) is 15.4. The molecule has 0 saturated heterocycles. The van der Waals surface area contributed by atoms with Crippen molar-refractivity contribution in [2.75, 3.05) is 20.8 Å². The molecule has 2 rings (SSSR count). The fraction of sp³-hybridized carbons (Fsp3) is 0.333. The fourth-order valence-corrected chi connectivity index (χ4v) is 2.32. The van der Waals surface area contributed by atoms with Crippen LogP contribution in [0, 0.1) is 0 Å². The van der Waals surface area contributed by atoms with Gasteiger partial charge in [-0.15, -0.1) is 0 Å². The zero-order valence-electron chi connectivity index (χ0n) is 12.1. The first-order chi connectivity index (χ1) is 10.1. The van der Waals surface area contributed by atoms with Gasteiger partial charge in [0.15, 0.2) is 0 Å². The molecule has 0 N–H and O–H groups in total. The highest BCUT2D eigenvalue weighted by Gasteiger charge is 2.17. The first-order valence-electron chi connectivity index (χ1n) is 6.43. The number of pyridine rings is 1. The minimum Gasteiger partial charge on any atom is -0.496 e. The van der Waals surface area contributed by atoms with Gasteiger partial charge in [0, 0.05) is 24.3 Å². The number of benzene rings is 1. The lowest BCUT2D eigenvalue weighted by Crippen LogP contribution is -2.06. The number of methoxy groups -OCH3 is 2. The lowest BCUT2D eigenvalue weighted by atomic mass is 10.1. The van der Waals surface area contributed by atoms with Gasteiger partial charge in [0.2, 0.25) is 0 Å². The Morgan fingerprint density at radius 3 is 2.71 bits per heavy atom. The van der Waals surface area contributed by atoms with Crippen molar-refractivity contribution >= 4 is 28.5 Å². The maximum absolute atomic E-state index is 11.8. The van der Waals surface area contributed by atoms with Gasteiger partial charge in [0.25, 0.3) is 0 Å². The number of carbonyl (C=O) groups is 1. The predicted molar refractivity (Wildman–Crippen MR) is 80.0 cm³/mol. The summed E-state index contributed by atoms with van der Waals surface area (Å²) >= 11 is 6.30. The molecule has 0 bridgehead atoms. The average molecular weight is 310 g/mol. The quantitative estimate of drug-likeness (QED) is 0.794. The molecule has 112 valence electrons. The van der Waals surface area contributed by atoms with E-state index in [4.69, 9.17) is 25.8 Å². The van der Waals surface area contributed by atoms with Crippen molar-refractivity contribution in [3.63, 3.8) is 0 Å². The Bertz CT molecular complexity index is 672. The first kappa shape index (κ1) is 15.5. The van der Waals surface area contributed by atoms with Crippen LogP contribution in [0.5, 0.6) is 5.75 Å². The minimum atomic E-state index is -0.489. The van der Waals surface area contributed by atoms with Gasteiger partial charge >= 0.3 is 5.97 Å². The predicted octanol–water partition coefficient (Wildman–Crippen LogP) is 3.22. The van der Waals surface area contributed by atoms with Crippen LogP contribution in [0.3, 0.4) is 0 Å². The molecule has 0 aliphatic carbocycles. The summed E-state index contributed by atoms with van der Waals surface area (Å²) in [6.07, 6.45) is 1.42. The summed E-state index contributed by atoms with van der Waals surface area (Å²) in [6, 6.07) is 3.58. The lowest BCUT2D eigenvalue weighted by molar-refractivity contribution is 0.0526. The maximum atomic E-state index is 11.8. The number of hydrogen-bond acceptors (Lipinski definition) is 5. The number of ether oxygens (including phenoxy) is 3. The maximum Gasteiger partial charge on any atom is 0.341 e. The van der Waals surface area contributed by atoms with Gasteiger partial charge in [-0.25, -0.2) is 4.79 Å². The number of nitrogens with zero attached hydrogens (tertiary/aromatic N) is 1. The third-order valence-electron chi connectivity index (χ3n) is 3.00. The summed E-state index contributed by atoms with van der Waals surface area (Å²) in [4.78, 5) is 16.1. The molecule has 21 heavy (non-hydrogen) atoms. The average Bonchev–Trinajstić information content (AvgIpc) is 2.47. The van der Waals surface area contributed by atoms with Crippen LogP contribution >= 0.6 is 11.6 Å². The van der Waals surface area contributed by atoms with E-state index < -0.39 is 5.97 Å². The Morgan fingerprint density at radius 2 is 2.10 bits per heavy atom. The number of halogens is 1. The topological polar surface area (TPSA) is 57.7 Å². The standard InChI is InChI=1S/C15H16ClNO4/c1-4-21-15(18)11-7-17-12-5-9(8-19-2)13(20-3)6-10(12)14(11)16/h5-7H,4,8H2,1-3H3. The van der Waals surface area contributed by atoms with E-state index >= 15 is 0 Å². The molecular formula is C15H16ClNO4. The van der Waals surface area contributed by atoms with Crippen molar-refractivity contribution in [1.82, 2.24) is 4.98 Å². The Balaban J connectivity index is 2.59. The zero-order valence-corrected chi connectivity index (χ0v) is 12.9. The molecular weight excluding hydrogens is 294 g/mol. The van der Waals surface area contributed by atoms with Gasteiger partial charge in [-0.2, -0.15) is 0 Å². The van der Waals surface area contributed by atoms with E-state index in [1.165, 1.54) is 6.20 Å². The van der Waals surface area contributed by atoms with Crippen LogP contribution < -0.4 is 4.74 Å². The van der Waals surface area contributed by atoms with Crippen LogP contribution in [0.4, 0.5) is 0 Å². The van der Waals surface area contributed by atoms with Crippen molar-refractivity contribution in [3.05, 3.63) is 34.5 Å². The van der Waals surface area contributed by atoms with Crippen LogP contribution in [0.25, 0.3) is 10.9 Å². The molecule has 0 atom stereocenters. The van der Waals surface area contributed by atoms with Gasteiger partial charge in [-0.05, 0) is 19.1 Å². The highest BCUT2D eigenvalue weighted by Crippen LogP contribution is 2.32. The second kappa shape index (κ2) is 6.74. The van der Waals surface area contributed by atoms with Crippen LogP contribution in [0.1, 0.15) is 22.8 Å². The largest absolute Gasteiger partial charge is 0.496 e. The molecule has 5 nitrogen and oxygen atoms in total.